The smallest absolute Gasteiger partial charge is 0.323 e. The van der Waals surface area contributed by atoms with Crippen molar-refractivity contribution < 1.29 is 19.1 Å². The molecule has 0 atom stereocenters. The monoisotopic (exact) mass is 308 g/mol. The highest BCUT2D eigenvalue weighted by molar-refractivity contribution is 7.13. The lowest BCUT2D eigenvalue weighted by molar-refractivity contribution is -0.137. The predicted octanol–water partition coefficient (Wildman–Crippen LogP) is 2.59. The van der Waals surface area contributed by atoms with Gasteiger partial charge in [-0.2, -0.15) is 0 Å². The Morgan fingerprint density at radius 2 is 2.24 bits per heavy atom. The number of carboxylic acids is 1. The molecule has 0 aliphatic heterocycles. The van der Waals surface area contributed by atoms with Crippen molar-refractivity contribution in [3.05, 3.63) is 29.7 Å². The van der Waals surface area contributed by atoms with E-state index in [9.17, 15) is 9.59 Å². The van der Waals surface area contributed by atoms with Crippen molar-refractivity contribution in [2.75, 3.05) is 13.1 Å². The molecule has 0 aromatic carbocycles. The molecule has 0 bridgehead atoms. The van der Waals surface area contributed by atoms with Crippen LogP contribution in [-0.2, 0) is 4.79 Å². The summed E-state index contributed by atoms with van der Waals surface area (Å²) in [4.78, 5) is 28.8. The third-order valence-corrected chi connectivity index (χ3v) is 3.58. The molecule has 0 spiro atoms. The third kappa shape index (κ3) is 3.91. The van der Waals surface area contributed by atoms with Gasteiger partial charge < -0.3 is 14.4 Å². The lowest BCUT2D eigenvalue weighted by atomic mass is 10.2. The van der Waals surface area contributed by atoms with Crippen LogP contribution in [0.4, 0.5) is 0 Å². The number of carboxylic acid groups (broad SMARTS) is 1. The second-order valence-electron chi connectivity index (χ2n) is 5.02. The third-order valence-electron chi connectivity index (χ3n) is 2.69. The number of aromatic nitrogens is 1. The molecule has 0 radical (unpaired) electrons. The highest BCUT2D eigenvalue weighted by Gasteiger charge is 2.22. The van der Waals surface area contributed by atoms with E-state index in [2.05, 4.69) is 4.98 Å². The molecule has 7 heteroatoms. The lowest BCUT2D eigenvalue weighted by Gasteiger charge is -2.21. The standard InChI is InChI=1S/C14H16N2O4S/c1-9(2)5-16(6-12(17)18)14(19)11-8-21-13(15-11)10-3-4-20-7-10/h3-4,7-9H,5-6H2,1-2H3,(H,17,18). The molecule has 112 valence electrons. The van der Waals surface area contributed by atoms with Gasteiger partial charge >= 0.3 is 5.97 Å². The van der Waals surface area contributed by atoms with Gasteiger partial charge in [-0.15, -0.1) is 11.3 Å². The van der Waals surface area contributed by atoms with Crippen LogP contribution < -0.4 is 0 Å². The van der Waals surface area contributed by atoms with Gasteiger partial charge in [0.25, 0.3) is 5.91 Å². The molecule has 2 rings (SSSR count). The molecule has 21 heavy (non-hydrogen) atoms. The quantitative estimate of drug-likeness (QED) is 0.886. The molecular weight excluding hydrogens is 292 g/mol. The van der Waals surface area contributed by atoms with Crippen LogP contribution in [-0.4, -0.2) is 40.0 Å². The van der Waals surface area contributed by atoms with Crippen molar-refractivity contribution in [3.63, 3.8) is 0 Å². The van der Waals surface area contributed by atoms with Crippen LogP contribution in [0.5, 0.6) is 0 Å². The van der Waals surface area contributed by atoms with E-state index in [1.165, 1.54) is 22.5 Å². The number of hydrogen-bond donors (Lipinski definition) is 1. The van der Waals surface area contributed by atoms with E-state index in [0.29, 0.717) is 11.6 Å². The number of hydrogen-bond acceptors (Lipinski definition) is 5. The van der Waals surface area contributed by atoms with Crippen LogP contribution in [0.25, 0.3) is 10.6 Å². The SMILES string of the molecule is CC(C)CN(CC(=O)O)C(=O)c1csc(-c2ccoc2)n1. The van der Waals surface area contributed by atoms with E-state index >= 15 is 0 Å². The summed E-state index contributed by atoms with van der Waals surface area (Å²) in [7, 11) is 0. The summed E-state index contributed by atoms with van der Waals surface area (Å²) in [6, 6.07) is 1.76. The molecule has 0 unspecified atom stereocenters. The summed E-state index contributed by atoms with van der Waals surface area (Å²) in [5.74, 6) is -1.22. The van der Waals surface area contributed by atoms with E-state index in [4.69, 9.17) is 9.52 Å². The fraction of sp³-hybridized carbons (Fsp3) is 0.357. The van der Waals surface area contributed by atoms with E-state index in [-0.39, 0.29) is 24.1 Å². The van der Waals surface area contributed by atoms with Gasteiger partial charge in [0, 0.05) is 17.5 Å². The maximum Gasteiger partial charge on any atom is 0.323 e. The largest absolute Gasteiger partial charge is 0.480 e. The highest BCUT2D eigenvalue weighted by atomic mass is 32.1. The second kappa shape index (κ2) is 6.53. The van der Waals surface area contributed by atoms with Crippen LogP contribution in [0, 0.1) is 5.92 Å². The molecule has 0 fully saturated rings. The molecule has 0 saturated heterocycles. The van der Waals surface area contributed by atoms with Gasteiger partial charge in [-0.1, -0.05) is 13.8 Å². The fourth-order valence-corrected chi connectivity index (χ4v) is 2.66. The number of carbonyl (C=O) groups excluding carboxylic acids is 1. The number of thiazole rings is 1. The Hall–Kier alpha value is -2.15. The van der Waals surface area contributed by atoms with Crippen molar-refractivity contribution in [2.45, 2.75) is 13.8 Å². The average Bonchev–Trinajstić information content (AvgIpc) is 3.06. The Labute approximate surface area is 126 Å². The topological polar surface area (TPSA) is 83.6 Å². The number of rotatable bonds is 6. The number of furan rings is 1. The molecule has 0 aliphatic rings. The van der Waals surface area contributed by atoms with Crippen molar-refractivity contribution in [1.82, 2.24) is 9.88 Å². The first-order valence-electron chi connectivity index (χ1n) is 6.46. The van der Waals surface area contributed by atoms with Crippen molar-refractivity contribution in [3.8, 4) is 10.6 Å². The first kappa shape index (κ1) is 15.2. The van der Waals surface area contributed by atoms with Crippen LogP contribution in [0.1, 0.15) is 24.3 Å². The predicted molar refractivity (Wildman–Crippen MR) is 78.2 cm³/mol. The zero-order chi connectivity index (χ0) is 15.4. The Bertz CT molecular complexity index is 619. The zero-order valence-electron chi connectivity index (χ0n) is 11.8. The maximum absolute atomic E-state index is 12.4. The van der Waals surface area contributed by atoms with Gasteiger partial charge in [0.2, 0.25) is 0 Å². The summed E-state index contributed by atoms with van der Waals surface area (Å²) in [6.07, 6.45) is 3.09. The molecule has 0 aliphatic carbocycles. The summed E-state index contributed by atoms with van der Waals surface area (Å²) in [5.41, 5.74) is 1.06. The molecule has 6 nitrogen and oxygen atoms in total. The minimum absolute atomic E-state index is 0.181. The van der Waals surface area contributed by atoms with Gasteiger partial charge in [-0.25, -0.2) is 4.98 Å². The van der Waals surface area contributed by atoms with Crippen LogP contribution >= 0.6 is 11.3 Å². The van der Waals surface area contributed by atoms with E-state index in [1.54, 1.807) is 17.7 Å². The number of nitrogens with zero attached hydrogens (tertiary/aromatic N) is 2. The van der Waals surface area contributed by atoms with Crippen LogP contribution in [0.15, 0.2) is 28.4 Å². The summed E-state index contributed by atoms with van der Waals surface area (Å²) < 4.78 is 4.98. The van der Waals surface area contributed by atoms with Crippen molar-refractivity contribution >= 4 is 23.2 Å². The van der Waals surface area contributed by atoms with Crippen molar-refractivity contribution in [2.24, 2.45) is 5.92 Å². The molecule has 1 amide bonds. The molecule has 1 N–H and O–H groups in total. The number of aliphatic carboxylic acids is 1. The Morgan fingerprint density at radius 1 is 1.48 bits per heavy atom. The minimum Gasteiger partial charge on any atom is -0.480 e. The van der Waals surface area contributed by atoms with Crippen molar-refractivity contribution in [1.29, 1.82) is 0 Å². The molecular formula is C14H16N2O4S. The molecule has 2 heterocycles. The molecule has 2 aromatic heterocycles. The molecule has 2 aromatic rings. The van der Waals surface area contributed by atoms with Gasteiger partial charge in [0.1, 0.15) is 23.5 Å². The first-order valence-corrected chi connectivity index (χ1v) is 7.34. The average molecular weight is 308 g/mol. The Balaban J connectivity index is 2.18. The number of amides is 1. The van der Waals surface area contributed by atoms with Gasteiger partial charge in [-0.05, 0) is 12.0 Å². The number of carbonyl (C=O) groups is 2. The van der Waals surface area contributed by atoms with Gasteiger partial charge in [-0.3, -0.25) is 9.59 Å². The molecule has 0 saturated carbocycles. The highest BCUT2D eigenvalue weighted by Crippen LogP contribution is 2.24. The summed E-state index contributed by atoms with van der Waals surface area (Å²) in [5, 5.41) is 11.2. The van der Waals surface area contributed by atoms with Crippen LogP contribution in [0.2, 0.25) is 0 Å². The summed E-state index contributed by atoms with van der Waals surface area (Å²) in [6.45, 7) is 3.92. The van der Waals surface area contributed by atoms with Gasteiger partial charge in [0.15, 0.2) is 0 Å². The Morgan fingerprint density at radius 3 is 2.81 bits per heavy atom. The Kier molecular flexibility index (Phi) is 4.74. The van der Waals surface area contributed by atoms with Crippen LogP contribution in [0.3, 0.4) is 0 Å². The van der Waals surface area contributed by atoms with E-state index in [1.807, 2.05) is 13.8 Å². The normalized spacial score (nSPS) is 10.8. The van der Waals surface area contributed by atoms with E-state index < -0.39 is 5.97 Å². The zero-order valence-corrected chi connectivity index (χ0v) is 12.6. The van der Waals surface area contributed by atoms with E-state index in [0.717, 1.165) is 5.56 Å². The fourth-order valence-electron chi connectivity index (χ4n) is 1.88. The van der Waals surface area contributed by atoms with Gasteiger partial charge in [0.05, 0.1) is 6.26 Å². The second-order valence-corrected chi connectivity index (χ2v) is 5.88. The maximum atomic E-state index is 12.4. The minimum atomic E-state index is -1.03. The summed E-state index contributed by atoms with van der Waals surface area (Å²) >= 11 is 1.32. The first-order chi connectivity index (χ1) is 9.97. The lowest BCUT2D eigenvalue weighted by Crippen LogP contribution is -2.38.